The van der Waals surface area contributed by atoms with E-state index in [0.717, 1.165) is 11.3 Å². The molecule has 86 valence electrons. The van der Waals surface area contributed by atoms with Gasteiger partial charge >= 0.3 is 0 Å². The number of rotatable bonds is 3. The first-order valence-corrected chi connectivity index (χ1v) is 6.14. The van der Waals surface area contributed by atoms with Gasteiger partial charge in [0.2, 0.25) is 5.91 Å². The Balaban J connectivity index is 2.20. The number of fused-ring (bicyclic) bond motifs is 1. The van der Waals surface area contributed by atoms with Crippen LogP contribution >= 0.6 is 11.8 Å². The van der Waals surface area contributed by atoms with E-state index in [1.807, 2.05) is 12.1 Å². The molecule has 2 rings (SSSR count). The molecule has 1 aliphatic rings. The highest BCUT2D eigenvalue weighted by molar-refractivity contribution is 8.00. The molecule has 3 nitrogen and oxygen atoms in total. The highest BCUT2D eigenvalue weighted by Gasteiger charge is 2.21. The van der Waals surface area contributed by atoms with Crippen molar-refractivity contribution in [2.75, 3.05) is 11.9 Å². The molecule has 16 heavy (non-hydrogen) atoms. The fraction of sp³-hybridized carbons (Fsp3) is 0.417. The molecule has 0 fully saturated rings. The van der Waals surface area contributed by atoms with E-state index in [2.05, 4.69) is 25.2 Å². The Bertz CT molecular complexity index is 429. The van der Waals surface area contributed by atoms with Gasteiger partial charge in [0.15, 0.2) is 0 Å². The van der Waals surface area contributed by atoms with Gasteiger partial charge in [0.1, 0.15) is 0 Å². The molecule has 0 aliphatic carbocycles. The molecule has 4 heteroatoms. The lowest BCUT2D eigenvalue weighted by Gasteiger charge is -2.21. The van der Waals surface area contributed by atoms with Crippen molar-refractivity contribution in [3.63, 3.8) is 0 Å². The summed E-state index contributed by atoms with van der Waals surface area (Å²) in [5, 5.41) is 2.83. The van der Waals surface area contributed by atoms with Gasteiger partial charge in [-0.05, 0) is 37.6 Å². The molecule has 1 heterocycles. The Hall–Kier alpha value is -1.00. The van der Waals surface area contributed by atoms with Crippen LogP contribution in [0.2, 0.25) is 0 Å². The van der Waals surface area contributed by atoms with Crippen LogP contribution in [0.3, 0.4) is 0 Å². The number of hydrogen-bond donors (Lipinski definition) is 2. The van der Waals surface area contributed by atoms with Crippen LogP contribution in [0, 0.1) is 0 Å². The zero-order valence-electron chi connectivity index (χ0n) is 9.54. The minimum atomic E-state index is 0.0320. The van der Waals surface area contributed by atoms with E-state index in [1.165, 1.54) is 4.90 Å². The maximum absolute atomic E-state index is 11.2. The van der Waals surface area contributed by atoms with Crippen LogP contribution in [0.4, 0.5) is 5.69 Å². The molecular formula is C12H16N2OS. The molecule has 0 unspecified atom stereocenters. The SMILES string of the molecule is CC(C)(CN)Sc1ccc2c(c1)CC(=O)N2. The third-order valence-electron chi connectivity index (χ3n) is 2.59. The largest absolute Gasteiger partial charge is 0.329 e. The third-order valence-corrected chi connectivity index (χ3v) is 3.80. The molecule has 1 aromatic rings. The standard InChI is InChI=1S/C12H16N2OS/c1-12(2,7-13)16-9-3-4-10-8(5-9)6-11(15)14-10/h3-5H,6-7,13H2,1-2H3,(H,14,15). The van der Waals surface area contributed by atoms with Gasteiger partial charge < -0.3 is 11.1 Å². The lowest BCUT2D eigenvalue weighted by Crippen LogP contribution is -2.26. The maximum Gasteiger partial charge on any atom is 0.228 e. The molecule has 1 amide bonds. The first-order valence-electron chi connectivity index (χ1n) is 5.32. The van der Waals surface area contributed by atoms with Crippen LogP contribution in [0.25, 0.3) is 0 Å². The lowest BCUT2D eigenvalue weighted by molar-refractivity contribution is -0.115. The van der Waals surface area contributed by atoms with E-state index in [-0.39, 0.29) is 10.7 Å². The summed E-state index contributed by atoms with van der Waals surface area (Å²) in [7, 11) is 0. The second-order valence-electron chi connectivity index (χ2n) is 4.61. The summed E-state index contributed by atoms with van der Waals surface area (Å²) in [6.45, 7) is 4.87. The summed E-state index contributed by atoms with van der Waals surface area (Å²) in [5.41, 5.74) is 7.73. The van der Waals surface area contributed by atoms with Crippen molar-refractivity contribution in [3.05, 3.63) is 23.8 Å². The molecular weight excluding hydrogens is 220 g/mol. The Morgan fingerprint density at radius 1 is 1.50 bits per heavy atom. The Kier molecular flexibility index (Phi) is 2.95. The van der Waals surface area contributed by atoms with Crippen molar-refractivity contribution in [2.45, 2.75) is 29.9 Å². The van der Waals surface area contributed by atoms with Crippen molar-refractivity contribution in [1.29, 1.82) is 0 Å². The Labute approximate surface area is 99.8 Å². The smallest absolute Gasteiger partial charge is 0.228 e. The van der Waals surface area contributed by atoms with Gasteiger partial charge in [-0.2, -0.15) is 0 Å². The van der Waals surface area contributed by atoms with Gasteiger partial charge in [-0.3, -0.25) is 4.79 Å². The number of thioether (sulfide) groups is 1. The summed E-state index contributed by atoms with van der Waals surface area (Å²) in [4.78, 5) is 12.4. The van der Waals surface area contributed by atoms with Gasteiger partial charge in [-0.1, -0.05) is 0 Å². The summed E-state index contributed by atoms with van der Waals surface area (Å²) in [5.74, 6) is 0.0789. The minimum Gasteiger partial charge on any atom is -0.329 e. The molecule has 1 aliphatic heterocycles. The van der Waals surface area contributed by atoms with Crippen LogP contribution in [0.5, 0.6) is 0 Å². The number of hydrogen-bond acceptors (Lipinski definition) is 3. The van der Waals surface area contributed by atoms with E-state index < -0.39 is 0 Å². The maximum atomic E-state index is 11.2. The lowest BCUT2D eigenvalue weighted by atomic mass is 10.2. The van der Waals surface area contributed by atoms with E-state index in [9.17, 15) is 4.79 Å². The average Bonchev–Trinajstić information content (AvgIpc) is 2.57. The average molecular weight is 236 g/mol. The normalized spacial score (nSPS) is 14.8. The first-order chi connectivity index (χ1) is 7.50. The van der Waals surface area contributed by atoms with Crippen LogP contribution < -0.4 is 11.1 Å². The van der Waals surface area contributed by atoms with Crippen LogP contribution in [0.1, 0.15) is 19.4 Å². The molecule has 0 saturated carbocycles. The highest BCUT2D eigenvalue weighted by Crippen LogP contribution is 2.35. The highest BCUT2D eigenvalue weighted by atomic mass is 32.2. The number of anilines is 1. The van der Waals surface area contributed by atoms with Crippen molar-refractivity contribution in [3.8, 4) is 0 Å². The number of carbonyl (C=O) groups excluding carboxylic acids is 1. The predicted octanol–water partition coefficient (Wildman–Crippen LogP) is 2.01. The van der Waals surface area contributed by atoms with Crippen LogP contribution in [-0.2, 0) is 11.2 Å². The molecule has 0 aromatic heterocycles. The van der Waals surface area contributed by atoms with Gasteiger partial charge in [-0.15, -0.1) is 11.8 Å². The monoisotopic (exact) mass is 236 g/mol. The minimum absolute atomic E-state index is 0.0320. The number of nitrogens with one attached hydrogen (secondary N) is 1. The Morgan fingerprint density at radius 3 is 2.94 bits per heavy atom. The molecule has 0 bridgehead atoms. The summed E-state index contributed by atoms with van der Waals surface area (Å²) < 4.78 is 0.0320. The molecule has 0 saturated heterocycles. The summed E-state index contributed by atoms with van der Waals surface area (Å²) in [6.07, 6.45) is 0.493. The van der Waals surface area contributed by atoms with Gasteiger partial charge in [-0.25, -0.2) is 0 Å². The van der Waals surface area contributed by atoms with Gasteiger partial charge in [0.05, 0.1) is 6.42 Å². The summed E-state index contributed by atoms with van der Waals surface area (Å²) >= 11 is 1.75. The number of benzene rings is 1. The molecule has 0 radical (unpaired) electrons. The van der Waals surface area contributed by atoms with Gasteiger partial charge in [0.25, 0.3) is 0 Å². The predicted molar refractivity (Wildman–Crippen MR) is 67.8 cm³/mol. The van der Waals surface area contributed by atoms with E-state index in [1.54, 1.807) is 11.8 Å². The second-order valence-corrected chi connectivity index (χ2v) is 6.39. The van der Waals surface area contributed by atoms with Gasteiger partial charge in [0, 0.05) is 21.9 Å². The molecule has 1 aromatic carbocycles. The topological polar surface area (TPSA) is 55.1 Å². The van der Waals surface area contributed by atoms with Crippen LogP contribution in [0.15, 0.2) is 23.1 Å². The molecule has 3 N–H and O–H groups in total. The van der Waals surface area contributed by atoms with E-state index >= 15 is 0 Å². The summed E-state index contributed by atoms with van der Waals surface area (Å²) in [6, 6.07) is 6.08. The third kappa shape index (κ3) is 2.39. The first kappa shape index (κ1) is 11.5. The van der Waals surface area contributed by atoms with E-state index in [0.29, 0.717) is 13.0 Å². The number of nitrogens with two attached hydrogens (primary N) is 1. The zero-order chi connectivity index (χ0) is 11.8. The fourth-order valence-electron chi connectivity index (χ4n) is 1.63. The van der Waals surface area contributed by atoms with Crippen LogP contribution in [-0.4, -0.2) is 17.2 Å². The number of carbonyl (C=O) groups is 1. The van der Waals surface area contributed by atoms with Crippen molar-refractivity contribution in [1.82, 2.24) is 0 Å². The molecule has 0 spiro atoms. The van der Waals surface area contributed by atoms with Crippen molar-refractivity contribution in [2.24, 2.45) is 5.73 Å². The zero-order valence-corrected chi connectivity index (χ0v) is 10.4. The number of amides is 1. The van der Waals surface area contributed by atoms with Crippen molar-refractivity contribution >= 4 is 23.4 Å². The second kappa shape index (κ2) is 4.11. The van der Waals surface area contributed by atoms with E-state index in [4.69, 9.17) is 5.73 Å². The van der Waals surface area contributed by atoms with Crippen molar-refractivity contribution < 1.29 is 4.79 Å². The molecule has 0 atom stereocenters. The quantitative estimate of drug-likeness (QED) is 0.789. The Morgan fingerprint density at radius 2 is 2.25 bits per heavy atom. The fourth-order valence-corrected chi connectivity index (χ4v) is 2.69.